The van der Waals surface area contributed by atoms with Crippen molar-refractivity contribution < 1.29 is 23.7 Å². The van der Waals surface area contributed by atoms with Crippen molar-refractivity contribution in [3.63, 3.8) is 0 Å². The number of nitrogens with zero attached hydrogens (tertiary/aromatic N) is 2. The largest absolute Gasteiger partial charge is 0.493 e. The zero-order chi connectivity index (χ0) is 22.8. The summed E-state index contributed by atoms with van der Waals surface area (Å²) in [5.41, 5.74) is 2.12. The number of halogens is 2. The molecule has 0 aliphatic rings. The average Bonchev–Trinajstić information content (AvgIpc) is 3.40. The van der Waals surface area contributed by atoms with E-state index in [9.17, 15) is 4.79 Å². The number of benzene rings is 2. The molecule has 0 spiro atoms. The van der Waals surface area contributed by atoms with Gasteiger partial charge in [-0.3, -0.25) is 4.57 Å². The predicted molar refractivity (Wildman–Crippen MR) is 124 cm³/mol. The number of carbonyl (C=O) groups is 1. The maximum absolute atomic E-state index is 12.4. The first-order chi connectivity index (χ1) is 15.5. The van der Waals surface area contributed by atoms with Gasteiger partial charge in [0.15, 0.2) is 16.4 Å². The zero-order valence-corrected chi connectivity index (χ0v) is 19.7. The van der Waals surface area contributed by atoms with Crippen LogP contribution in [0.2, 0.25) is 10.0 Å². The molecule has 10 heteroatoms. The number of imidazole rings is 1. The van der Waals surface area contributed by atoms with E-state index in [-0.39, 0.29) is 6.61 Å². The summed E-state index contributed by atoms with van der Waals surface area (Å²) < 4.78 is 23.5. The molecule has 2 heterocycles. The van der Waals surface area contributed by atoms with Crippen molar-refractivity contribution in [2.24, 2.45) is 0 Å². The standard InChI is InChI=1S/C22H18Cl2N2O5S/c1-28-17-7-15-16(8-18(17)29-2)26(11-25-15)20-9-19(21(32-20)22(27)30-3)31-10-12-13(23)5-4-6-14(12)24/h4-9,11H,10H2,1-3H3. The number of carbonyl (C=O) groups excluding carboxylic acids is 1. The van der Waals surface area contributed by atoms with Crippen molar-refractivity contribution in [3.05, 3.63) is 63.2 Å². The number of thiophene rings is 1. The number of aromatic nitrogens is 2. The zero-order valence-electron chi connectivity index (χ0n) is 17.3. The van der Waals surface area contributed by atoms with Gasteiger partial charge >= 0.3 is 5.97 Å². The minimum absolute atomic E-state index is 0.0916. The van der Waals surface area contributed by atoms with E-state index in [4.69, 9.17) is 42.1 Å². The van der Waals surface area contributed by atoms with E-state index >= 15 is 0 Å². The number of rotatable bonds is 7. The van der Waals surface area contributed by atoms with Crippen LogP contribution in [0.1, 0.15) is 15.2 Å². The van der Waals surface area contributed by atoms with E-state index in [1.54, 1.807) is 50.9 Å². The molecule has 32 heavy (non-hydrogen) atoms. The second-order valence-electron chi connectivity index (χ2n) is 6.57. The summed E-state index contributed by atoms with van der Waals surface area (Å²) in [6.07, 6.45) is 1.66. The summed E-state index contributed by atoms with van der Waals surface area (Å²) in [5.74, 6) is 0.990. The third-order valence-electron chi connectivity index (χ3n) is 4.78. The highest BCUT2D eigenvalue weighted by molar-refractivity contribution is 7.16. The minimum Gasteiger partial charge on any atom is -0.493 e. The average molecular weight is 493 g/mol. The minimum atomic E-state index is -0.509. The molecule has 166 valence electrons. The van der Waals surface area contributed by atoms with Gasteiger partial charge in [-0.05, 0) is 12.1 Å². The summed E-state index contributed by atoms with van der Waals surface area (Å²) >= 11 is 13.7. The Morgan fingerprint density at radius 1 is 1.03 bits per heavy atom. The van der Waals surface area contributed by atoms with Crippen molar-refractivity contribution in [3.8, 4) is 22.2 Å². The van der Waals surface area contributed by atoms with Crippen molar-refractivity contribution in [1.29, 1.82) is 0 Å². The highest BCUT2D eigenvalue weighted by Gasteiger charge is 2.21. The maximum atomic E-state index is 12.4. The first kappa shape index (κ1) is 22.3. The summed E-state index contributed by atoms with van der Waals surface area (Å²) in [7, 11) is 4.45. The Morgan fingerprint density at radius 3 is 2.38 bits per heavy atom. The van der Waals surface area contributed by atoms with Gasteiger partial charge in [-0.15, -0.1) is 11.3 Å². The van der Waals surface area contributed by atoms with Crippen molar-refractivity contribution >= 4 is 51.5 Å². The van der Waals surface area contributed by atoms with Crippen LogP contribution in [0.4, 0.5) is 0 Å². The fourth-order valence-corrected chi connectivity index (χ4v) is 4.67. The van der Waals surface area contributed by atoms with Gasteiger partial charge in [0.05, 0.1) is 32.4 Å². The molecule has 0 bridgehead atoms. The van der Waals surface area contributed by atoms with Crippen molar-refractivity contribution in [2.75, 3.05) is 21.3 Å². The lowest BCUT2D eigenvalue weighted by Gasteiger charge is -2.09. The van der Waals surface area contributed by atoms with Gasteiger partial charge in [0.2, 0.25) is 0 Å². The molecule has 0 N–H and O–H groups in total. The van der Waals surface area contributed by atoms with Crippen LogP contribution in [0, 0.1) is 0 Å². The van der Waals surface area contributed by atoms with E-state index in [2.05, 4.69) is 4.98 Å². The second-order valence-corrected chi connectivity index (χ2v) is 8.41. The molecule has 0 aliphatic heterocycles. The normalized spacial score (nSPS) is 10.9. The summed E-state index contributed by atoms with van der Waals surface area (Å²) in [4.78, 5) is 17.2. The molecule has 7 nitrogen and oxygen atoms in total. The smallest absolute Gasteiger partial charge is 0.351 e. The molecular weight excluding hydrogens is 475 g/mol. The van der Waals surface area contributed by atoms with Gasteiger partial charge in [0, 0.05) is 33.8 Å². The highest BCUT2D eigenvalue weighted by atomic mass is 35.5. The van der Waals surface area contributed by atoms with Crippen LogP contribution < -0.4 is 14.2 Å². The number of hydrogen-bond acceptors (Lipinski definition) is 7. The number of methoxy groups -OCH3 is 3. The van der Waals surface area contributed by atoms with Gasteiger partial charge in [-0.1, -0.05) is 29.3 Å². The topological polar surface area (TPSA) is 71.8 Å². The van der Waals surface area contributed by atoms with E-state index in [0.717, 1.165) is 5.52 Å². The van der Waals surface area contributed by atoms with Crippen LogP contribution >= 0.6 is 34.5 Å². The SMILES string of the molecule is COC(=O)c1sc(-n2cnc3cc(OC)c(OC)cc32)cc1OCc1c(Cl)cccc1Cl. The van der Waals surface area contributed by atoms with Gasteiger partial charge in [-0.2, -0.15) is 0 Å². The molecule has 0 saturated heterocycles. The number of ether oxygens (including phenoxy) is 4. The van der Waals surface area contributed by atoms with Crippen LogP contribution in [0.3, 0.4) is 0 Å². The molecular formula is C22H18Cl2N2O5S. The molecule has 0 saturated carbocycles. The van der Waals surface area contributed by atoms with Gasteiger partial charge in [-0.25, -0.2) is 9.78 Å². The fourth-order valence-electron chi connectivity index (χ4n) is 3.15. The monoisotopic (exact) mass is 492 g/mol. The Morgan fingerprint density at radius 2 is 1.72 bits per heavy atom. The molecule has 0 radical (unpaired) electrons. The molecule has 4 aromatic rings. The van der Waals surface area contributed by atoms with Gasteiger partial charge in [0.1, 0.15) is 23.7 Å². The Hall–Kier alpha value is -2.94. The van der Waals surface area contributed by atoms with Crippen LogP contribution in [0.15, 0.2) is 42.7 Å². The van der Waals surface area contributed by atoms with Crippen LogP contribution in [0.5, 0.6) is 17.2 Å². The maximum Gasteiger partial charge on any atom is 0.351 e. The van der Waals surface area contributed by atoms with Crippen LogP contribution in [0.25, 0.3) is 16.0 Å². The molecule has 0 aliphatic carbocycles. The molecule has 2 aromatic heterocycles. The second kappa shape index (κ2) is 9.28. The number of hydrogen-bond donors (Lipinski definition) is 0. The molecule has 0 atom stereocenters. The summed E-state index contributed by atoms with van der Waals surface area (Å²) in [6, 6.07) is 10.6. The van der Waals surface area contributed by atoms with E-state index in [0.29, 0.717) is 48.3 Å². The van der Waals surface area contributed by atoms with Crippen LogP contribution in [-0.4, -0.2) is 36.8 Å². The van der Waals surface area contributed by atoms with Crippen molar-refractivity contribution in [1.82, 2.24) is 9.55 Å². The summed E-state index contributed by atoms with van der Waals surface area (Å²) in [5, 5.41) is 1.67. The Balaban J connectivity index is 1.75. The Bertz CT molecular complexity index is 1280. The highest BCUT2D eigenvalue weighted by Crippen LogP contribution is 2.38. The molecule has 0 fully saturated rings. The van der Waals surface area contributed by atoms with Crippen molar-refractivity contribution in [2.45, 2.75) is 6.61 Å². The van der Waals surface area contributed by atoms with Gasteiger partial charge < -0.3 is 18.9 Å². The molecule has 2 aromatic carbocycles. The van der Waals surface area contributed by atoms with Gasteiger partial charge in [0.25, 0.3) is 0 Å². The molecule has 0 unspecified atom stereocenters. The fraction of sp³-hybridized carbons (Fsp3) is 0.182. The first-order valence-corrected chi connectivity index (χ1v) is 10.9. The lowest BCUT2D eigenvalue weighted by molar-refractivity contribution is 0.0601. The molecule has 4 rings (SSSR count). The lowest BCUT2D eigenvalue weighted by atomic mass is 10.2. The van der Waals surface area contributed by atoms with Crippen LogP contribution in [-0.2, 0) is 11.3 Å². The van der Waals surface area contributed by atoms with E-state index < -0.39 is 5.97 Å². The Kier molecular flexibility index (Phi) is 6.45. The van der Waals surface area contributed by atoms with E-state index in [1.165, 1.54) is 18.4 Å². The lowest BCUT2D eigenvalue weighted by Crippen LogP contribution is -2.03. The Labute approximate surface area is 198 Å². The number of fused-ring (bicyclic) bond motifs is 1. The summed E-state index contributed by atoms with van der Waals surface area (Å²) in [6.45, 7) is 0.0916. The number of esters is 1. The quantitative estimate of drug-likeness (QED) is 0.304. The first-order valence-electron chi connectivity index (χ1n) is 9.34. The predicted octanol–water partition coefficient (Wildman–Crippen LogP) is 5.78. The third-order valence-corrected chi connectivity index (χ3v) is 6.58. The van der Waals surface area contributed by atoms with E-state index in [1.807, 2.05) is 10.6 Å². The molecule has 0 amide bonds. The third kappa shape index (κ3) is 4.09.